The van der Waals surface area contributed by atoms with Crippen LogP contribution in [0.15, 0.2) is 23.9 Å². The molecule has 2 aliphatic rings. The van der Waals surface area contributed by atoms with Crippen molar-refractivity contribution in [3.05, 3.63) is 23.9 Å². The van der Waals surface area contributed by atoms with Gasteiger partial charge in [-0.05, 0) is 26.8 Å². The van der Waals surface area contributed by atoms with E-state index in [-0.39, 0.29) is 17.6 Å². The fourth-order valence-electron chi connectivity index (χ4n) is 1.85. The van der Waals surface area contributed by atoms with Gasteiger partial charge in [0.1, 0.15) is 17.3 Å². The van der Waals surface area contributed by atoms with Crippen molar-refractivity contribution in [2.24, 2.45) is 5.73 Å². The zero-order chi connectivity index (χ0) is 12.8. The summed E-state index contributed by atoms with van der Waals surface area (Å²) in [4.78, 5) is 24.9. The molecule has 2 aliphatic heterocycles. The molecule has 2 heterocycles. The Morgan fingerprint density at radius 1 is 1.47 bits per heavy atom. The van der Waals surface area contributed by atoms with Crippen molar-refractivity contribution in [3.63, 3.8) is 0 Å². The first-order chi connectivity index (χ1) is 7.81. The first kappa shape index (κ1) is 11.9. The molecule has 2 unspecified atom stereocenters. The van der Waals surface area contributed by atoms with E-state index in [1.165, 1.54) is 4.90 Å². The van der Waals surface area contributed by atoms with Crippen molar-refractivity contribution < 1.29 is 14.3 Å². The summed E-state index contributed by atoms with van der Waals surface area (Å²) in [5.74, 6) is -0.733. The molecule has 0 radical (unpaired) electrons. The fraction of sp³-hybridized carbons (Fsp3) is 0.500. The summed E-state index contributed by atoms with van der Waals surface area (Å²) in [5, 5.41) is 0. The van der Waals surface area contributed by atoms with Crippen LogP contribution in [0.5, 0.6) is 0 Å². The Labute approximate surface area is 99.9 Å². The molecule has 0 bridgehead atoms. The average molecular weight is 236 g/mol. The van der Waals surface area contributed by atoms with Gasteiger partial charge in [-0.3, -0.25) is 9.69 Å². The molecule has 1 saturated heterocycles. The average Bonchev–Trinajstić information content (AvgIpc) is 2.24. The summed E-state index contributed by atoms with van der Waals surface area (Å²) >= 11 is 0. The van der Waals surface area contributed by atoms with Crippen molar-refractivity contribution in [1.82, 2.24) is 4.90 Å². The van der Waals surface area contributed by atoms with Crippen LogP contribution in [0.1, 0.15) is 20.8 Å². The molecule has 0 spiro atoms. The van der Waals surface area contributed by atoms with Crippen molar-refractivity contribution in [2.45, 2.75) is 38.5 Å². The molecule has 92 valence electrons. The summed E-state index contributed by atoms with van der Waals surface area (Å²) in [5.41, 5.74) is 5.33. The summed E-state index contributed by atoms with van der Waals surface area (Å²) in [6.07, 6.45) is 5.11. The number of β-lactam (4-membered cyclic amide) rings is 1. The van der Waals surface area contributed by atoms with Crippen LogP contribution in [0.3, 0.4) is 0 Å². The van der Waals surface area contributed by atoms with Gasteiger partial charge in [-0.15, -0.1) is 0 Å². The summed E-state index contributed by atoms with van der Waals surface area (Å²) < 4.78 is 5.24. The number of rotatable bonds is 1. The van der Waals surface area contributed by atoms with Crippen LogP contribution in [0.2, 0.25) is 0 Å². The van der Waals surface area contributed by atoms with E-state index in [0.717, 1.165) is 0 Å². The van der Waals surface area contributed by atoms with Gasteiger partial charge in [0.15, 0.2) is 0 Å². The molecule has 0 aromatic carbocycles. The Hall–Kier alpha value is -1.62. The van der Waals surface area contributed by atoms with Crippen LogP contribution in [0.25, 0.3) is 0 Å². The number of amides is 1. The van der Waals surface area contributed by atoms with Gasteiger partial charge in [-0.2, -0.15) is 0 Å². The third-order valence-corrected chi connectivity index (χ3v) is 2.62. The highest BCUT2D eigenvalue weighted by molar-refractivity contribution is 6.01. The normalized spacial score (nSPS) is 27.2. The SMILES string of the molecule is CC(C)(C)OC(=O)C1=CC=CC2C(N)C(=O)N12. The number of carbonyl (C=O) groups is 2. The lowest BCUT2D eigenvalue weighted by Crippen LogP contribution is -2.68. The highest BCUT2D eigenvalue weighted by Crippen LogP contribution is 2.29. The largest absolute Gasteiger partial charge is 0.455 e. The van der Waals surface area contributed by atoms with E-state index in [2.05, 4.69) is 0 Å². The molecule has 2 rings (SSSR count). The molecular formula is C12H16N2O3. The van der Waals surface area contributed by atoms with Gasteiger partial charge in [0, 0.05) is 0 Å². The number of ether oxygens (including phenoxy) is 1. The molecule has 1 amide bonds. The van der Waals surface area contributed by atoms with Crippen LogP contribution in [-0.4, -0.2) is 34.5 Å². The third kappa shape index (κ3) is 1.98. The number of nitrogens with two attached hydrogens (primary N) is 1. The van der Waals surface area contributed by atoms with Gasteiger partial charge >= 0.3 is 5.97 Å². The maximum atomic E-state index is 11.9. The minimum absolute atomic E-state index is 0.213. The van der Waals surface area contributed by atoms with Gasteiger partial charge in [-0.25, -0.2) is 4.79 Å². The maximum absolute atomic E-state index is 11.9. The van der Waals surface area contributed by atoms with E-state index >= 15 is 0 Å². The van der Waals surface area contributed by atoms with Crippen molar-refractivity contribution in [1.29, 1.82) is 0 Å². The molecule has 17 heavy (non-hydrogen) atoms. The predicted molar refractivity (Wildman–Crippen MR) is 61.7 cm³/mol. The lowest BCUT2D eigenvalue weighted by Gasteiger charge is -2.45. The van der Waals surface area contributed by atoms with Crippen LogP contribution in [0.4, 0.5) is 0 Å². The molecule has 0 aliphatic carbocycles. The molecule has 0 aromatic rings. The highest BCUT2D eigenvalue weighted by Gasteiger charge is 2.48. The lowest BCUT2D eigenvalue weighted by atomic mass is 9.92. The Bertz CT molecular complexity index is 432. The van der Waals surface area contributed by atoms with Crippen LogP contribution in [0, 0.1) is 0 Å². The molecule has 5 nitrogen and oxygen atoms in total. The number of fused-ring (bicyclic) bond motifs is 1. The molecule has 0 saturated carbocycles. The monoisotopic (exact) mass is 236 g/mol. The van der Waals surface area contributed by atoms with Gasteiger partial charge in [0.05, 0.1) is 6.04 Å². The van der Waals surface area contributed by atoms with E-state index < -0.39 is 17.6 Å². The quantitative estimate of drug-likeness (QED) is 0.525. The lowest BCUT2D eigenvalue weighted by molar-refractivity contribution is -0.158. The van der Waals surface area contributed by atoms with Crippen LogP contribution < -0.4 is 5.73 Å². The number of esters is 1. The highest BCUT2D eigenvalue weighted by atomic mass is 16.6. The number of hydrogen-bond acceptors (Lipinski definition) is 4. The summed E-state index contributed by atoms with van der Waals surface area (Å²) in [6, 6.07) is -0.757. The van der Waals surface area contributed by atoms with Gasteiger partial charge < -0.3 is 10.5 Å². The fourth-order valence-corrected chi connectivity index (χ4v) is 1.85. The zero-order valence-electron chi connectivity index (χ0n) is 10.1. The molecule has 2 atom stereocenters. The van der Waals surface area contributed by atoms with E-state index in [9.17, 15) is 9.59 Å². The van der Waals surface area contributed by atoms with E-state index in [1.54, 1.807) is 39.0 Å². The number of carbonyl (C=O) groups excluding carboxylic acids is 2. The van der Waals surface area contributed by atoms with Gasteiger partial charge in [0.25, 0.3) is 0 Å². The minimum Gasteiger partial charge on any atom is -0.455 e. The summed E-state index contributed by atoms with van der Waals surface area (Å²) in [6.45, 7) is 5.35. The molecule has 0 aromatic heterocycles. The number of nitrogens with zero attached hydrogens (tertiary/aromatic N) is 1. The van der Waals surface area contributed by atoms with Crippen molar-refractivity contribution in [2.75, 3.05) is 0 Å². The Kier molecular flexibility index (Phi) is 2.58. The topological polar surface area (TPSA) is 72.6 Å². The Morgan fingerprint density at radius 3 is 2.71 bits per heavy atom. The maximum Gasteiger partial charge on any atom is 0.355 e. The predicted octanol–water partition coefficient (Wildman–Crippen LogP) is 0.320. The van der Waals surface area contributed by atoms with Crippen molar-refractivity contribution >= 4 is 11.9 Å². The second-order valence-electron chi connectivity index (χ2n) is 5.16. The number of hydrogen-bond donors (Lipinski definition) is 1. The van der Waals surface area contributed by atoms with E-state index in [0.29, 0.717) is 0 Å². The Balaban J connectivity index is 2.17. The van der Waals surface area contributed by atoms with Gasteiger partial charge in [-0.1, -0.05) is 12.2 Å². The van der Waals surface area contributed by atoms with Crippen LogP contribution >= 0.6 is 0 Å². The van der Waals surface area contributed by atoms with Crippen LogP contribution in [-0.2, 0) is 14.3 Å². The first-order valence-corrected chi connectivity index (χ1v) is 5.52. The van der Waals surface area contributed by atoms with E-state index in [4.69, 9.17) is 10.5 Å². The smallest absolute Gasteiger partial charge is 0.355 e. The second kappa shape index (κ2) is 3.70. The molecule has 2 N–H and O–H groups in total. The van der Waals surface area contributed by atoms with Crippen molar-refractivity contribution in [3.8, 4) is 0 Å². The second-order valence-corrected chi connectivity index (χ2v) is 5.16. The Morgan fingerprint density at radius 2 is 2.12 bits per heavy atom. The molecule has 1 fully saturated rings. The molecule has 5 heteroatoms. The van der Waals surface area contributed by atoms with E-state index in [1.807, 2.05) is 0 Å². The van der Waals surface area contributed by atoms with Gasteiger partial charge in [0.2, 0.25) is 5.91 Å². The first-order valence-electron chi connectivity index (χ1n) is 5.52. The standard InChI is InChI=1S/C12H16N2O3/c1-12(2,3)17-11(16)8-6-4-5-7-9(13)10(15)14(7)8/h4-7,9H,13H2,1-3H3. The zero-order valence-corrected chi connectivity index (χ0v) is 10.1. The molecular weight excluding hydrogens is 220 g/mol. The summed E-state index contributed by atoms with van der Waals surface area (Å²) in [7, 11) is 0. The third-order valence-electron chi connectivity index (χ3n) is 2.62. The minimum atomic E-state index is -0.579. The number of allylic oxidation sites excluding steroid dienone is 2.